The Morgan fingerprint density at radius 3 is 2.38 bits per heavy atom. The van der Waals surface area contributed by atoms with Gasteiger partial charge in [-0.25, -0.2) is 13.2 Å². The summed E-state index contributed by atoms with van der Waals surface area (Å²) in [5.74, 6) is -0.993. The van der Waals surface area contributed by atoms with Gasteiger partial charge in [0.2, 0.25) is 10.0 Å². The Labute approximate surface area is 173 Å². The number of sulfonamides is 1. The predicted molar refractivity (Wildman–Crippen MR) is 111 cm³/mol. The molecule has 1 aromatic carbocycles. The minimum atomic E-state index is -3.54. The summed E-state index contributed by atoms with van der Waals surface area (Å²) < 4.78 is 31.8. The molecule has 1 heterocycles. The number of ether oxygens (including phenoxy) is 1. The van der Waals surface area contributed by atoms with Gasteiger partial charge < -0.3 is 10.1 Å². The third-order valence-electron chi connectivity index (χ3n) is 5.03. The molecule has 0 aliphatic carbocycles. The Hall–Kier alpha value is -1.93. The van der Waals surface area contributed by atoms with Crippen molar-refractivity contribution in [2.45, 2.75) is 69.7 Å². The summed E-state index contributed by atoms with van der Waals surface area (Å²) in [7, 11) is -3.54. The van der Waals surface area contributed by atoms with Crippen LogP contribution in [-0.2, 0) is 19.6 Å². The topological polar surface area (TPSA) is 92.8 Å². The number of hydrogen-bond acceptors (Lipinski definition) is 5. The molecule has 1 aromatic rings. The van der Waals surface area contributed by atoms with E-state index in [1.165, 1.54) is 28.6 Å². The van der Waals surface area contributed by atoms with E-state index in [2.05, 4.69) is 12.2 Å². The van der Waals surface area contributed by atoms with Crippen molar-refractivity contribution in [2.75, 3.05) is 19.7 Å². The van der Waals surface area contributed by atoms with Crippen LogP contribution in [0.3, 0.4) is 0 Å². The number of nitrogens with zero attached hydrogens (tertiary/aromatic N) is 1. The molecule has 29 heavy (non-hydrogen) atoms. The fourth-order valence-corrected chi connectivity index (χ4v) is 4.84. The van der Waals surface area contributed by atoms with Crippen molar-refractivity contribution in [1.82, 2.24) is 9.62 Å². The van der Waals surface area contributed by atoms with Crippen LogP contribution in [0.2, 0.25) is 0 Å². The van der Waals surface area contributed by atoms with Crippen LogP contribution in [-0.4, -0.2) is 50.3 Å². The highest BCUT2D eigenvalue weighted by atomic mass is 32.2. The van der Waals surface area contributed by atoms with E-state index in [0.717, 1.165) is 44.9 Å². The zero-order valence-corrected chi connectivity index (χ0v) is 18.2. The highest BCUT2D eigenvalue weighted by Crippen LogP contribution is 2.21. The molecule has 162 valence electrons. The van der Waals surface area contributed by atoms with Gasteiger partial charge >= 0.3 is 5.97 Å². The van der Waals surface area contributed by atoms with Crippen molar-refractivity contribution in [3.05, 3.63) is 29.8 Å². The minimum Gasteiger partial charge on any atom is -0.452 e. The van der Waals surface area contributed by atoms with Gasteiger partial charge in [-0.15, -0.1) is 0 Å². The third-order valence-corrected chi connectivity index (χ3v) is 6.94. The number of amides is 1. The number of nitrogens with one attached hydrogen (secondary N) is 1. The SMILES string of the molecule is CCCCC[C@@H](C)NC(=O)COC(=O)c1ccc(S(=O)(=O)N2CCCCC2)cc1. The molecule has 8 heteroatoms. The van der Waals surface area contributed by atoms with Crippen LogP contribution < -0.4 is 5.32 Å². The normalized spacial score (nSPS) is 16.2. The van der Waals surface area contributed by atoms with Crippen molar-refractivity contribution in [3.8, 4) is 0 Å². The lowest BCUT2D eigenvalue weighted by atomic mass is 10.1. The molecule has 1 atom stereocenters. The van der Waals surface area contributed by atoms with Crippen LogP contribution in [0.4, 0.5) is 0 Å². The lowest BCUT2D eigenvalue weighted by Crippen LogP contribution is -2.36. The van der Waals surface area contributed by atoms with E-state index in [0.29, 0.717) is 13.1 Å². The summed E-state index contributed by atoms with van der Waals surface area (Å²) in [6.45, 7) is 4.75. The number of rotatable bonds is 10. The van der Waals surface area contributed by atoms with E-state index >= 15 is 0 Å². The largest absolute Gasteiger partial charge is 0.452 e. The highest BCUT2D eigenvalue weighted by Gasteiger charge is 2.26. The molecule has 0 aromatic heterocycles. The molecule has 1 amide bonds. The molecule has 1 saturated heterocycles. The number of piperidine rings is 1. The van der Waals surface area contributed by atoms with Gasteiger partial charge in [0, 0.05) is 19.1 Å². The van der Waals surface area contributed by atoms with Gasteiger partial charge in [0.05, 0.1) is 10.5 Å². The van der Waals surface area contributed by atoms with Gasteiger partial charge in [-0.3, -0.25) is 4.79 Å². The first kappa shape index (κ1) is 23.3. The lowest BCUT2D eigenvalue weighted by Gasteiger charge is -2.25. The van der Waals surface area contributed by atoms with E-state index in [1.807, 2.05) is 6.92 Å². The highest BCUT2D eigenvalue weighted by molar-refractivity contribution is 7.89. The Balaban J connectivity index is 1.84. The average molecular weight is 425 g/mol. The van der Waals surface area contributed by atoms with Gasteiger partial charge in [0.1, 0.15) is 0 Å². The van der Waals surface area contributed by atoms with Crippen LogP contribution in [0.1, 0.15) is 69.2 Å². The first-order chi connectivity index (χ1) is 13.8. The predicted octanol–water partition coefficient (Wildman–Crippen LogP) is 3.10. The van der Waals surface area contributed by atoms with Gasteiger partial charge in [-0.05, 0) is 50.5 Å². The van der Waals surface area contributed by atoms with Gasteiger partial charge in [-0.2, -0.15) is 4.31 Å². The molecule has 0 saturated carbocycles. The first-order valence-corrected chi connectivity index (χ1v) is 11.8. The summed E-state index contributed by atoms with van der Waals surface area (Å²) in [5.41, 5.74) is 0.214. The second-order valence-electron chi connectivity index (χ2n) is 7.53. The monoisotopic (exact) mass is 424 g/mol. The van der Waals surface area contributed by atoms with E-state index in [9.17, 15) is 18.0 Å². The summed E-state index contributed by atoms with van der Waals surface area (Å²) in [6, 6.07) is 5.70. The van der Waals surface area contributed by atoms with Crippen molar-refractivity contribution in [1.29, 1.82) is 0 Å². The molecule has 1 aliphatic heterocycles. The van der Waals surface area contributed by atoms with E-state index < -0.39 is 16.0 Å². The number of hydrogen-bond donors (Lipinski definition) is 1. The summed E-state index contributed by atoms with van der Waals surface area (Å²) in [6.07, 6.45) is 6.95. The Bertz CT molecular complexity index is 771. The van der Waals surface area contributed by atoms with E-state index in [-0.39, 0.29) is 29.0 Å². The Morgan fingerprint density at radius 2 is 1.76 bits per heavy atom. The van der Waals surface area contributed by atoms with Crippen molar-refractivity contribution in [3.63, 3.8) is 0 Å². The van der Waals surface area contributed by atoms with Crippen molar-refractivity contribution < 1.29 is 22.7 Å². The fourth-order valence-electron chi connectivity index (χ4n) is 3.32. The maximum atomic E-state index is 12.6. The summed E-state index contributed by atoms with van der Waals surface area (Å²) in [4.78, 5) is 24.2. The van der Waals surface area contributed by atoms with Crippen LogP contribution >= 0.6 is 0 Å². The van der Waals surface area contributed by atoms with Crippen molar-refractivity contribution >= 4 is 21.9 Å². The molecule has 0 unspecified atom stereocenters. The average Bonchev–Trinajstić information content (AvgIpc) is 2.73. The number of unbranched alkanes of at least 4 members (excludes halogenated alkanes) is 2. The molecular formula is C21H32N2O5S. The van der Waals surface area contributed by atoms with Gasteiger partial charge in [0.25, 0.3) is 5.91 Å². The first-order valence-electron chi connectivity index (χ1n) is 10.4. The van der Waals surface area contributed by atoms with Gasteiger partial charge in [0.15, 0.2) is 6.61 Å². The second-order valence-corrected chi connectivity index (χ2v) is 9.47. The minimum absolute atomic E-state index is 0.0343. The third kappa shape index (κ3) is 7.12. The number of carbonyl (C=O) groups is 2. The summed E-state index contributed by atoms with van der Waals surface area (Å²) >= 11 is 0. The Morgan fingerprint density at radius 1 is 1.10 bits per heavy atom. The maximum absolute atomic E-state index is 12.6. The van der Waals surface area contributed by atoms with E-state index in [4.69, 9.17) is 4.74 Å². The Kier molecular flexibility index (Phi) is 9.10. The molecule has 7 nitrogen and oxygen atoms in total. The van der Waals surface area contributed by atoms with E-state index in [1.54, 1.807) is 0 Å². The molecule has 1 fully saturated rings. The maximum Gasteiger partial charge on any atom is 0.338 e. The fraction of sp³-hybridized carbons (Fsp3) is 0.619. The summed E-state index contributed by atoms with van der Waals surface area (Å²) in [5, 5.41) is 2.81. The van der Waals surface area contributed by atoms with Crippen LogP contribution in [0.15, 0.2) is 29.2 Å². The molecule has 1 aliphatic rings. The standard InChI is InChI=1S/C21H32N2O5S/c1-3-4-6-9-17(2)22-20(24)16-28-21(25)18-10-12-19(13-11-18)29(26,27)23-14-7-5-8-15-23/h10-13,17H,3-9,14-16H2,1-2H3,(H,22,24)/t17-/m1/s1. The zero-order valence-electron chi connectivity index (χ0n) is 17.4. The van der Waals surface area contributed by atoms with Crippen molar-refractivity contribution in [2.24, 2.45) is 0 Å². The molecular weight excluding hydrogens is 392 g/mol. The van der Waals surface area contributed by atoms with Crippen LogP contribution in [0, 0.1) is 0 Å². The molecule has 1 N–H and O–H groups in total. The van der Waals surface area contributed by atoms with Gasteiger partial charge in [-0.1, -0.05) is 32.6 Å². The van der Waals surface area contributed by atoms with Crippen LogP contribution in [0.5, 0.6) is 0 Å². The number of carbonyl (C=O) groups excluding carboxylic acids is 2. The molecule has 0 spiro atoms. The molecule has 2 rings (SSSR count). The number of esters is 1. The zero-order chi connectivity index (χ0) is 21.3. The van der Waals surface area contributed by atoms with Crippen LogP contribution in [0.25, 0.3) is 0 Å². The second kappa shape index (κ2) is 11.3. The number of benzene rings is 1. The smallest absolute Gasteiger partial charge is 0.338 e. The lowest BCUT2D eigenvalue weighted by molar-refractivity contribution is -0.124. The molecule has 0 bridgehead atoms. The quantitative estimate of drug-likeness (QED) is 0.460. The molecule has 0 radical (unpaired) electrons.